The molecule has 92 valence electrons. The first-order valence-electron chi connectivity index (χ1n) is 7.16. The fourth-order valence-electron chi connectivity index (χ4n) is 6.28. The highest BCUT2D eigenvalue weighted by Crippen LogP contribution is 2.73. The molecule has 16 heavy (non-hydrogen) atoms. The summed E-state index contributed by atoms with van der Waals surface area (Å²) in [6.45, 7) is 12.6. The van der Waals surface area contributed by atoms with Gasteiger partial charge in [0.1, 0.15) is 0 Å². The quantitative estimate of drug-likeness (QED) is 0.537. The van der Waals surface area contributed by atoms with Gasteiger partial charge in [0.05, 0.1) is 0 Å². The average molecular weight is 220 g/mol. The van der Waals surface area contributed by atoms with E-state index in [1.165, 1.54) is 38.5 Å². The lowest BCUT2D eigenvalue weighted by Crippen LogP contribution is -2.58. The first-order valence-corrected chi connectivity index (χ1v) is 7.16. The summed E-state index contributed by atoms with van der Waals surface area (Å²) >= 11 is 0. The monoisotopic (exact) mass is 220 g/mol. The van der Waals surface area contributed by atoms with E-state index >= 15 is 0 Å². The van der Waals surface area contributed by atoms with Crippen LogP contribution < -0.4 is 0 Å². The Balaban J connectivity index is 2.05. The van der Waals surface area contributed by atoms with Gasteiger partial charge in [-0.25, -0.2) is 0 Å². The van der Waals surface area contributed by atoms with Crippen LogP contribution in [0.5, 0.6) is 0 Å². The van der Waals surface area contributed by atoms with Gasteiger partial charge in [-0.1, -0.05) is 34.6 Å². The van der Waals surface area contributed by atoms with Crippen LogP contribution in [0.3, 0.4) is 0 Å². The largest absolute Gasteiger partial charge is 0.0596 e. The molecule has 2 unspecified atom stereocenters. The molecule has 0 heteroatoms. The highest BCUT2D eigenvalue weighted by atomic mass is 14.7. The minimum absolute atomic E-state index is 0.509. The van der Waals surface area contributed by atoms with Gasteiger partial charge in [-0.2, -0.15) is 0 Å². The van der Waals surface area contributed by atoms with E-state index in [2.05, 4.69) is 34.6 Å². The average Bonchev–Trinajstić information content (AvgIpc) is 1.92. The smallest absolute Gasteiger partial charge is 0.0236 e. The predicted molar refractivity (Wildman–Crippen MR) is 69.3 cm³/mol. The van der Waals surface area contributed by atoms with Gasteiger partial charge in [-0.3, -0.25) is 0 Å². The van der Waals surface area contributed by atoms with Crippen LogP contribution in [0.25, 0.3) is 0 Å². The third kappa shape index (κ3) is 1.34. The van der Waals surface area contributed by atoms with Crippen LogP contribution in [0.15, 0.2) is 0 Å². The molecular weight excluding hydrogens is 192 g/mol. The van der Waals surface area contributed by atoms with Crippen LogP contribution >= 0.6 is 0 Å². The Kier molecular flexibility index (Phi) is 1.87. The van der Waals surface area contributed by atoms with E-state index in [-0.39, 0.29) is 0 Å². The van der Waals surface area contributed by atoms with Crippen LogP contribution in [0.1, 0.15) is 73.1 Å². The summed E-state index contributed by atoms with van der Waals surface area (Å²) in [6.07, 6.45) is 9.11. The van der Waals surface area contributed by atoms with Crippen LogP contribution in [-0.4, -0.2) is 0 Å². The highest BCUT2D eigenvalue weighted by Gasteiger charge is 2.62. The lowest BCUT2D eigenvalue weighted by Gasteiger charge is -2.69. The molecule has 0 aromatic carbocycles. The molecule has 0 N–H and O–H groups in total. The van der Waals surface area contributed by atoms with E-state index in [4.69, 9.17) is 0 Å². The predicted octanol–water partition coefficient (Wildman–Crippen LogP) is 5.03. The minimum Gasteiger partial charge on any atom is -0.0596 e. The molecule has 0 heterocycles. The van der Waals surface area contributed by atoms with Gasteiger partial charge < -0.3 is 0 Å². The van der Waals surface area contributed by atoms with Gasteiger partial charge in [0.2, 0.25) is 0 Å². The zero-order valence-corrected chi connectivity index (χ0v) is 11.8. The van der Waals surface area contributed by atoms with Crippen molar-refractivity contribution in [2.24, 2.45) is 27.6 Å². The van der Waals surface area contributed by atoms with Gasteiger partial charge >= 0.3 is 0 Å². The second kappa shape index (κ2) is 2.70. The van der Waals surface area contributed by atoms with Gasteiger partial charge in [-0.15, -0.1) is 0 Å². The molecule has 4 atom stereocenters. The maximum Gasteiger partial charge on any atom is -0.0236 e. The van der Waals surface area contributed by atoms with Crippen LogP contribution in [-0.2, 0) is 0 Å². The summed E-state index contributed by atoms with van der Waals surface area (Å²) in [4.78, 5) is 0. The van der Waals surface area contributed by atoms with Crippen LogP contribution in [0, 0.1) is 27.6 Å². The van der Waals surface area contributed by atoms with Crippen molar-refractivity contribution in [1.82, 2.24) is 0 Å². The standard InChI is InChI=1S/C16H28/c1-13(2,3)16-8-12-6-14(4,10-16)9-15(5,7-12)11-16/h12H,6-11H2,1-5H3/t12?,14-,15+,16?. The Morgan fingerprint density at radius 2 is 1.31 bits per heavy atom. The van der Waals surface area contributed by atoms with Crippen molar-refractivity contribution in [3.05, 3.63) is 0 Å². The molecule has 4 rings (SSSR count). The van der Waals surface area contributed by atoms with Crippen LogP contribution in [0.2, 0.25) is 0 Å². The van der Waals surface area contributed by atoms with E-state index in [1.54, 1.807) is 0 Å². The fraction of sp³-hybridized carbons (Fsp3) is 1.00. The van der Waals surface area contributed by atoms with Gasteiger partial charge in [0, 0.05) is 0 Å². The zero-order chi connectivity index (χ0) is 11.8. The molecule has 0 nitrogen and oxygen atoms in total. The highest BCUT2D eigenvalue weighted by molar-refractivity contribution is 5.13. The van der Waals surface area contributed by atoms with E-state index in [1.807, 2.05) is 0 Å². The van der Waals surface area contributed by atoms with Crippen molar-refractivity contribution < 1.29 is 0 Å². The lowest BCUT2D eigenvalue weighted by molar-refractivity contribution is -0.184. The molecule has 0 radical (unpaired) electrons. The van der Waals surface area contributed by atoms with E-state index in [9.17, 15) is 0 Å². The van der Waals surface area contributed by atoms with E-state index in [0.717, 1.165) is 5.92 Å². The Morgan fingerprint density at radius 1 is 0.812 bits per heavy atom. The Hall–Kier alpha value is 0. The van der Waals surface area contributed by atoms with Gasteiger partial charge in [0.25, 0.3) is 0 Å². The summed E-state index contributed by atoms with van der Waals surface area (Å²) in [5.41, 5.74) is 2.54. The zero-order valence-electron chi connectivity index (χ0n) is 11.8. The fourth-order valence-corrected chi connectivity index (χ4v) is 6.28. The van der Waals surface area contributed by atoms with Crippen LogP contribution in [0.4, 0.5) is 0 Å². The molecular formula is C16H28. The molecule has 4 saturated carbocycles. The molecule has 0 amide bonds. The molecule has 0 aliphatic heterocycles. The number of hydrogen-bond donors (Lipinski definition) is 0. The first kappa shape index (κ1) is 11.1. The number of rotatable bonds is 0. The Morgan fingerprint density at radius 3 is 1.69 bits per heavy atom. The Bertz CT molecular complexity index is 301. The molecule has 4 fully saturated rings. The van der Waals surface area contributed by atoms with Crippen molar-refractivity contribution in [1.29, 1.82) is 0 Å². The van der Waals surface area contributed by atoms with Gasteiger partial charge in [-0.05, 0) is 66.1 Å². The van der Waals surface area contributed by atoms with E-state index < -0.39 is 0 Å². The maximum absolute atomic E-state index is 2.58. The third-order valence-electron chi connectivity index (χ3n) is 6.22. The van der Waals surface area contributed by atoms with E-state index in [0.29, 0.717) is 21.7 Å². The molecule has 4 bridgehead atoms. The molecule has 0 aromatic heterocycles. The molecule has 0 aromatic rings. The summed E-state index contributed by atoms with van der Waals surface area (Å²) in [5.74, 6) is 1.05. The SMILES string of the molecule is CC(C)(C)C12CC3C[C@@](C)(C1)C[C@](C)(C3)C2. The molecule has 0 spiro atoms. The molecule has 0 saturated heterocycles. The Labute approximate surface area is 101 Å². The second-order valence-corrected chi connectivity index (χ2v) is 9.16. The van der Waals surface area contributed by atoms with Crippen molar-refractivity contribution in [2.75, 3.05) is 0 Å². The van der Waals surface area contributed by atoms with Gasteiger partial charge in [0.15, 0.2) is 0 Å². The minimum atomic E-state index is 0.509. The molecule has 4 aliphatic rings. The summed E-state index contributed by atoms with van der Waals surface area (Å²) in [7, 11) is 0. The maximum atomic E-state index is 2.58. The lowest BCUT2D eigenvalue weighted by atomic mass is 9.36. The first-order chi connectivity index (χ1) is 7.16. The second-order valence-electron chi connectivity index (χ2n) is 9.16. The summed E-state index contributed by atoms with van der Waals surface area (Å²) in [6, 6.07) is 0. The summed E-state index contributed by atoms with van der Waals surface area (Å²) < 4.78 is 0. The van der Waals surface area contributed by atoms with Crippen molar-refractivity contribution in [2.45, 2.75) is 73.1 Å². The molecule has 4 aliphatic carbocycles. The number of hydrogen-bond acceptors (Lipinski definition) is 0. The summed E-state index contributed by atoms with van der Waals surface area (Å²) in [5, 5.41) is 0. The van der Waals surface area contributed by atoms with Crippen molar-refractivity contribution in [3.63, 3.8) is 0 Å². The third-order valence-corrected chi connectivity index (χ3v) is 6.22. The van der Waals surface area contributed by atoms with Crippen molar-refractivity contribution >= 4 is 0 Å². The topological polar surface area (TPSA) is 0 Å². The normalized spacial score (nSPS) is 55.7. The van der Waals surface area contributed by atoms with Crippen molar-refractivity contribution in [3.8, 4) is 0 Å².